The topological polar surface area (TPSA) is 159 Å². The second kappa shape index (κ2) is 7.05. The van der Waals surface area contributed by atoms with Crippen LogP contribution in [0.5, 0.6) is 0 Å². The second-order valence-electron chi connectivity index (χ2n) is 6.02. The van der Waals surface area contributed by atoms with Crippen molar-refractivity contribution in [1.82, 2.24) is 14.5 Å². The van der Waals surface area contributed by atoms with Crippen LogP contribution >= 0.6 is 11.3 Å². The van der Waals surface area contributed by atoms with Gasteiger partial charge in [-0.15, -0.1) is 0 Å². The Labute approximate surface area is 150 Å². The molecule has 142 valence electrons. The Morgan fingerprint density at radius 1 is 1.54 bits per heavy atom. The molecule has 1 saturated heterocycles. The minimum Gasteiger partial charge on any atom is -0.432 e. The summed E-state index contributed by atoms with van der Waals surface area (Å²) in [5.41, 5.74) is 5.02. The average Bonchev–Trinajstić information content (AvgIpc) is 3.04. The summed E-state index contributed by atoms with van der Waals surface area (Å²) in [7, 11) is 0. The van der Waals surface area contributed by atoms with E-state index in [4.69, 9.17) is 19.9 Å². The van der Waals surface area contributed by atoms with Crippen molar-refractivity contribution in [2.45, 2.75) is 44.8 Å². The number of anilines is 1. The predicted octanol–water partition coefficient (Wildman–Crippen LogP) is -0.0615. The summed E-state index contributed by atoms with van der Waals surface area (Å²) in [6, 6.07) is 0. The van der Waals surface area contributed by atoms with Gasteiger partial charge < -0.3 is 25.1 Å². The molecular formula is C14H18N4O7S. The number of thiazole rings is 1. The number of fused-ring (bicyclic) bond motifs is 1. The number of rotatable bonds is 4. The van der Waals surface area contributed by atoms with Gasteiger partial charge in [-0.1, -0.05) is 11.3 Å². The number of H-pyrrole nitrogens is 1. The van der Waals surface area contributed by atoms with E-state index in [9.17, 15) is 19.5 Å². The quantitative estimate of drug-likeness (QED) is 0.612. The number of hydrogen-bond acceptors (Lipinski definition) is 10. The molecule has 3 rings (SSSR count). The number of nitrogens with one attached hydrogen (secondary N) is 1. The molecule has 2 aromatic rings. The number of hydrogen-bond donors (Lipinski definition) is 3. The number of carbonyl (C=O) groups is 1. The summed E-state index contributed by atoms with van der Waals surface area (Å²) in [6.07, 6.45) is -3.81. The molecule has 1 fully saturated rings. The van der Waals surface area contributed by atoms with Crippen molar-refractivity contribution in [2.75, 3.05) is 12.3 Å². The van der Waals surface area contributed by atoms with Crippen molar-refractivity contribution in [1.29, 1.82) is 0 Å². The lowest BCUT2D eigenvalue weighted by Gasteiger charge is -2.16. The average molecular weight is 386 g/mol. The molecule has 3 heterocycles. The number of nitrogen functional groups attached to an aromatic ring is 1. The highest BCUT2D eigenvalue weighted by atomic mass is 32.1. The molecule has 0 aromatic carbocycles. The van der Waals surface area contributed by atoms with Gasteiger partial charge in [0, 0.05) is 6.42 Å². The molecule has 11 nitrogen and oxygen atoms in total. The lowest BCUT2D eigenvalue weighted by atomic mass is 10.2. The van der Waals surface area contributed by atoms with E-state index in [1.165, 1.54) is 0 Å². The van der Waals surface area contributed by atoms with E-state index in [1.807, 2.05) is 0 Å². The molecule has 0 saturated carbocycles. The van der Waals surface area contributed by atoms with Crippen molar-refractivity contribution in [3.05, 3.63) is 20.0 Å². The van der Waals surface area contributed by atoms with Gasteiger partial charge in [0.15, 0.2) is 11.9 Å². The van der Waals surface area contributed by atoms with Crippen LogP contribution in [0.15, 0.2) is 9.59 Å². The summed E-state index contributed by atoms with van der Waals surface area (Å²) in [5.74, 6) is -0.155. The van der Waals surface area contributed by atoms with Crippen LogP contribution in [-0.4, -0.2) is 50.7 Å². The van der Waals surface area contributed by atoms with Gasteiger partial charge in [-0.05, 0) is 13.8 Å². The lowest BCUT2D eigenvalue weighted by Crippen LogP contribution is -2.27. The van der Waals surface area contributed by atoms with E-state index in [2.05, 4.69) is 9.97 Å². The Morgan fingerprint density at radius 3 is 2.96 bits per heavy atom. The molecule has 0 radical (unpaired) electrons. The number of aliphatic hydroxyl groups excluding tert-OH is 1. The maximum absolute atomic E-state index is 12.3. The third-order valence-electron chi connectivity index (χ3n) is 3.63. The molecule has 3 atom stereocenters. The Bertz CT molecular complexity index is 933. The largest absolute Gasteiger partial charge is 0.508 e. The minimum absolute atomic E-state index is 0.0334. The fraction of sp³-hybridized carbons (Fsp3) is 0.571. The van der Waals surface area contributed by atoms with Gasteiger partial charge in [0.1, 0.15) is 17.4 Å². The van der Waals surface area contributed by atoms with Crippen LogP contribution in [0.2, 0.25) is 0 Å². The van der Waals surface area contributed by atoms with E-state index in [-0.39, 0.29) is 35.4 Å². The normalized spacial score (nSPS) is 22.8. The van der Waals surface area contributed by atoms with E-state index < -0.39 is 35.0 Å². The number of ether oxygens (including phenoxy) is 3. The van der Waals surface area contributed by atoms with Gasteiger partial charge in [-0.25, -0.2) is 4.79 Å². The van der Waals surface area contributed by atoms with E-state index in [0.29, 0.717) is 11.3 Å². The molecule has 12 heteroatoms. The zero-order valence-corrected chi connectivity index (χ0v) is 14.8. The molecule has 0 spiro atoms. The molecule has 1 aliphatic rings. The third-order valence-corrected chi connectivity index (χ3v) is 4.57. The lowest BCUT2D eigenvalue weighted by molar-refractivity contribution is -0.0596. The van der Waals surface area contributed by atoms with Gasteiger partial charge >= 0.3 is 11.0 Å². The number of aromatic amines is 1. The van der Waals surface area contributed by atoms with Crippen molar-refractivity contribution < 1.29 is 24.1 Å². The minimum atomic E-state index is -1.07. The molecular weight excluding hydrogens is 368 g/mol. The van der Waals surface area contributed by atoms with Crippen LogP contribution < -0.4 is 16.2 Å². The molecule has 26 heavy (non-hydrogen) atoms. The van der Waals surface area contributed by atoms with Crippen LogP contribution in [-0.2, 0) is 14.2 Å². The van der Waals surface area contributed by atoms with Gasteiger partial charge in [-0.2, -0.15) is 4.98 Å². The second-order valence-corrected chi connectivity index (χ2v) is 6.98. The molecule has 0 unspecified atom stereocenters. The van der Waals surface area contributed by atoms with Crippen LogP contribution in [0.25, 0.3) is 10.3 Å². The smallest absolute Gasteiger partial charge is 0.432 e. The van der Waals surface area contributed by atoms with Crippen molar-refractivity contribution in [2.24, 2.45) is 0 Å². The summed E-state index contributed by atoms with van der Waals surface area (Å²) >= 11 is 0.678. The first kappa shape index (κ1) is 18.4. The summed E-state index contributed by atoms with van der Waals surface area (Å²) in [6.45, 7) is 3.22. The highest BCUT2D eigenvalue weighted by Gasteiger charge is 2.38. The zero-order valence-electron chi connectivity index (χ0n) is 14.0. The fourth-order valence-corrected chi connectivity index (χ4v) is 3.47. The first-order valence-corrected chi connectivity index (χ1v) is 8.65. The first-order chi connectivity index (χ1) is 12.3. The third kappa shape index (κ3) is 3.57. The monoisotopic (exact) mass is 386 g/mol. The number of aliphatic hydroxyl groups is 1. The van der Waals surface area contributed by atoms with Crippen LogP contribution in [0.4, 0.5) is 10.7 Å². The molecule has 0 aliphatic carbocycles. The van der Waals surface area contributed by atoms with Crippen LogP contribution in [0.3, 0.4) is 0 Å². The SMILES string of the molecule is CC(C)OC(=O)OC[C@@H]1C[C@@H](O)[C@H](n2c(=O)sc3c(=O)[nH]c(N)nc32)O1. The summed E-state index contributed by atoms with van der Waals surface area (Å²) in [4.78, 5) is 41.4. The van der Waals surface area contributed by atoms with Crippen molar-refractivity contribution >= 4 is 33.8 Å². The van der Waals surface area contributed by atoms with E-state index in [1.54, 1.807) is 13.8 Å². The maximum atomic E-state index is 12.3. The Balaban J connectivity index is 1.80. The van der Waals surface area contributed by atoms with Gasteiger partial charge in [-0.3, -0.25) is 19.1 Å². The van der Waals surface area contributed by atoms with Crippen LogP contribution in [0, 0.1) is 0 Å². The Hall–Kier alpha value is -2.44. The molecule has 4 N–H and O–H groups in total. The van der Waals surface area contributed by atoms with Crippen molar-refractivity contribution in [3.63, 3.8) is 0 Å². The van der Waals surface area contributed by atoms with Crippen LogP contribution in [0.1, 0.15) is 26.5 Å². The number of carbonyl (C=O) groups excluding carboxylic acids is 1. The zero-order chi connectivity index (χ0) is 19.0. The molecule has 1 aliphatic heterocycles. The molecule has 2 aromatic heterocycles. The highest BCUT2D eigenvalue weighted by Crippen LogP contribution is 2.30. The summed E-state index contributed by atoms with van der Waals surface area (Å²) < 4.78 is 16.6. The van der Waals surface area contributed by atoms with Gasteiger partial charge in [0.05, 0.1) is 12.2 Å². The first-order valence-electron chi connectivity index (χ1n) is 7.84. The molecule has 0 bridgehead atoms. The predicted molar refractivity (Wildman–Crippen MR) is 91.0 cm³/mol. The highest BCUT2D eigenvalue weighted by molar-refractivity contribution is 7.16. The number of nitrogens with two attached hydrogens (primary N) is 1. The number of nitrogens with zero attached hydrogens (tertiary/aromatic N) is 2. The Kier molecular flexibility index (Phi) is 4.98. The van der Waals surface area contributed by atoms with E-state index >= 15 is 0 Å². The van der Waals surface area contributed by atoms with Gasteiger partial charge in [0.25, 0.3) is 5.56 Å². The molecule has 0 amide bonds. The standard InChI is InChI=1S/C14H18N4O7S/c1-5(2)24-14(22)23-4-6-3-7(19)11(25-6)18-9-8(26-13(18)21)10(20)17-12(15)16-9/h5-7,11,19H,3-4H2,1-2H3,(H3,15,16,17,20)/t6-,7+,11+/m0/s1. The fourth-order valence-electron chi connectivity index (χ4n) is 2.63. The van der Waals surface area contributed by atoms with E-state index in [0.717, 1.165) is 4.57 Å². The summed E-state index contributed by atoms with van der Waals surface area (Å²) in [5, 5.41) is 10.3. The number of aromatic nitrogens is 3. The maximum Gasteiger partial charge on any atom is 0.508 e. The van der Waals surface area contributed by atoms with Gasteiger partial charge in [0.2, 0.25) is 5.95 Å². The van der Waals surface area contributed by atoms with Crippen molar-refractivity contribution in [3.8, 4) is 0 Å². The Morgan fingerprint density at radius 2 is 2.27 bits per heavy atom.